The van der Waals surface area contributed by atoms with Gasteiger partial charge in [-0.05, 0) is 49.9 Å². The molecule has 0 radical (unpaired) electrons. The van der Waals surface area contributed by atoms with Gasteiger partial charge in [0.05, 0.1) is 6.61 Å². The van der Waals surface area contributed by atoms with Crippen LogP contribution in [0.2, 0.25) is 10.0 Å². The molecule has 0 heterocycles. The van der Waals surface area contributed by atoms with Crippen molar-refractivity contribution in [1.82, 2.24) is 5.32 Å². The molecule has 1 atom stereocenters. The first-order chi connectivity index (χ1) is 15.1. The van der Waals surface area contributed by atoms with Gasteiger partial charge >= 0.3 is 0 Å². The van der Waals surface area contributed by atoms with Crippen LogP contribution in [0.4, 0.5) is 0 Å². The number of hydrogen-bond donors (Lipinski definition) is 1. The molecular weight excluding hydrogens is 429 g/mol. The van der Waals surface area contributed by atoms with Crippen molar-refractivity contribution in [2.45, 2.75) is 45.9 Å². The lowest BCUT2D eigenvalue weighted by atomic mass is 10.1. The lowest BCUT2D eigenvalue weighted by molar-refractivity contribution is 0.269. The Labute approximate surface area is 195 Å². The maximum Gasteiger partial charge on any atom is 0.163 e. The summed E-state index contributed by atoms with van der Waals surface area (Å²) in [5.41, 5.74) is 3.26. The standard InChI is InChI=1S/C26H29Cl2NO2/c1-3-30-25-15-22(17-29-19(2)13-14-20-9-5-4-6-10-20)24(28)16-26(25)31-18-21-11-7-8-12-23(21)27/h4-12,15-16,19,29H,3,13-14,17-18H2,1-2H3. The Morgan fingerprint density at radius 1 is 0.839 bits per heavy atom. The van der Waals surface area contributed by atoms with Gasteiger partial charge in [-0.25, -0.2) is 0 Å². The molecule has 0 bridgehead atoms. The fourth-order valence-electron chi connectivity index (χ4n) is 3.28. The van der Waals surface area contributed by atoms with E-state index in [1.807, 2.05) is 49.4 Å². The number of nitrogens with one attached hydrogen (secondary N) is 1. The monoisotopic (exact) mass is 457 g/mol. The summed E-state index contributed by atoms with van der Waals surface area (Å²) in [4.78, 5) is 0. The van der Waals surface area contributed by atoms with E-state index < -0.39 is 0 Å². The third-order valence-electron chi connectivity index (χ3n) is 5.10. The van der Waals surface area contributed by atoms with Crippen LogP contribution >= 0.6 is 23.2 Å². The van der Waals surface area contributed by atoms with E-state index in [0.29, 0.717) is 47.3 Å². The Bertz CT molecular complexity index is 963. The molecule has 0 amide bonds. The molecular formula is C26H29Cl2NO2. The highest BCUT2D eigenvalue weighted by Gasteiger charge is 2.13. The number of benzene rings is 3. The first-order valence-corrected chi connectivity index (χ1v) is 11.4. The minimum Gasteiger partial charge on any atom is -0.490 e. The van der Waals surface area contributed by atoms with Crippen LogP contribution in [0.3, 0.4) is 0 Å². The van der Waals surface area contributed by atoms with Crippen LogP contribution in [-0.2, 0) is 19.6 Å². The normalized spacial score (nSPS) is 11.9. The number of aryl methyl sites for hydroxylation is 1. The third-order valence-corrected chi connectivity index (χ3v) is 5.82. The summed E-state index contributed by atoms with van der Waals surface area (Å²) in [5, 5.41) is 4.90. The molecule has 3 aromatic rings. The van der Waals surface area contributed by atoms with Crippen LogP contribution in [0, 0.1) is 0 Å². The van der Waals surface area contributed by atoms with Gasteiger partial charge in [0, 0.05) is 34.3 Å². The highest BCUT2D eigenvalue weighted by Crippen LogP contribution is 2.34. The fraction of sp³-hybridized carbons (Fsp3) is 0.308. The summed E-state index contributed by atoms with van der Waals surface area (Å²) < 4.78 is 11.8. The van der Waals surface area contributed by atoms with Crippen LogP contribution in [0.1, 0.15) is 37.0 Å². The van der Waals surface area contributed by atoms with Crippen LogP contribution in [-0.4, -0.2) is 12.6 Å². The van der Waals surface area contributed by atoms with Gasteiger partial charge in [-0.3, -0.25) is 0 Å². The van der Waals surface area contributed by atoms with Crippen LogP contribution in [0.5, 0.6) is 11.5 Å². The molecule has 164 valence electrons. The van der Waals surface area contributed by atoms with Crippen LogP contribution < -0.4 is 14.8 Å². The second-order valence-electron chi connectivity index (χ2n) is 7.51. The summed E-state index contributed by atoms with van der Waals surface area (Å²) in [6.45, 7) is 5.71. The molecule has 0 saturated carbocycles. The molecule has 0 saturated heterocycles. The van der Waals surface area contributed by atoms with Crippen molar-refractivity contribution in [2.75, 3.05) is 6.61 Å². The summed E-state index contributed by atoms with van der Waals surface area (Å²) in [6, 6.07) is 22.3. The van der Waals surface area contributed by atoms with Gasteiger partial charge in [0.25, 0.3) is 0 Å². The Morgan fingerprint density at radius 3 is 2.29 bits per heavy atom. The van der Waals surface area contributed by atoms with Gasteiger partial charge in [-0.1, -0.05) is 71.7 Å². The first kappa shape index (κ1) is 23.5. The average molecular weight is 458 g/mol. The molecule has 0 aliphatic heterocycles. The number of halogens is 2. The van der Waals surface area contributed by atoms with E-state index in [1.165, 1.54) is 5.56 Å². The van der Waals surface area contributed by atoms with E-state index in [0.717, 1.165) is 24.0 Å². The largest absolute Gasteiger partial charge is 0.490 e. The quantitative estimate of drug-likeness (QED) is 0.333. The van der Waals surface area contributed by atoms with Gasteiger partial charge in [0.2, 0.25) is 0 Å². The summed E-state index contributed by atoms with van der Waals surface area (Å²) >= 11 is 12.8. The highest BCUT2D eigenvalue weighted by atomic mass is 35.5. The smallest absolute Gasteiger partial charge is 0.163 e. The molecule has 0 aromatic heterocycles. The minimum atomic E-state index is 0.351. The van der Waals surface area contributed by atoms with E-state index in [1.54, 1.807) is 0 Å². The molecule has 31 heavy (non-hydrogen) atoms. The zero-order valence-electron chi connectivity index (χ0n) is 18.0. The topological polar surface area (TPSA) is 30.5 Å². The highest BCUT2D eigenvalue weighted by molar-refractivity contribution is 6.31. The molecule has 1 unspecified atom stereocenters. The van der Waals surface area contributed by atoms with E-state index in [4.69, 9.17) is 32.7 Å². The minimum absolute atomic E-state index is 0.351. The van der Waals surface area contributed by atoms with Crippen molar-refractivity contribution < 1.29 is 9.47 Å². The number of ether oxygens (including phenoxy) is 2. The Hall–Kier alpha value is -2.20. The molecule has 0 spiro atoms. The molecule has 3 nitrogen and oxygen atoms in total. The third kappa shape index (κ3) is 7.17. The van der Waals surface area contributed by atoms with E-state index in [9.17, 15) is 0 Å². The predicted octanol–water partition coefficient (Wildman–Crippen LogP) is 7.08. The van der Waals surface area contributed by atoms with E-state index >= 15 is 0 Å². The Kier molecular flexibility index (Phi) is 9.08. The lowest BCUT2D eigenvalue weighted by Crippen LogP contribution is -2.26. The zero-order valence-corrected chi connectivity index (χ0v) is 19.5. The fourth-order valence-corrected chi connectivity index (χ4v) is 3.69. The average Bonchev–Trinajstić information content (AvgIpc) is 2.78. The molecule has 1 N–H and O–H groups in total. The lowest BCUT2D eigenvalue weighted by Gasteiger charge is -2.18. The predicted molar refractivity (Wildman–Crippen MR) is 129 cm³/mol. The zero-order chi connectivity index (χ0) is 22.1. The van der Waals surface area contributed by atoms with Crippen molar-refractivity contribution in [3.63, 3.8) is 0 Å². The van der Waals surface area contributed by atoms with Gasteiger partial charge in [0.1, 0.15) is 6.61 Å². The van der Waals surface area contributed by atoms with Crippen molar-refractivity contribution in [1.29, 1.82) is 0 Å². The van der Waals surface area contributed by atoms with Crippen molar-refractivity contribution in [2.24, 2.45) is 0 Å². The van der Waals surface area contributed by atoms with Crippen LogP contribution in [0.25, 0.3) is 0 Å². The second kappa shape index (κ2) is 12.0. The summed E-state index contributed by atoms with van der Waals surface area (Å²) in [6.07, 6.45) is 2.10. The van der Waals surface area contributed by atoms with Gasteiger partial charge in [0.15, 0.2) is 11.5 Å². The van der Waals surface area contributed by atoms with Crippen molar-refractivity contribution in [3.8, 4) is 11.5 Å². The summed E-state index contributed by atoms with van der Waals surface area (Å²) in [7, 11) is 0. The Morgan fingerprint density at radius 2 is 1.55 bits per heavy atom. The first-order valence-electron chi connectivity index (χ1n) is 10.7. The molecule has 5 heteroatoms. The van der Waals surface area contributed by atoms with E-state index in [-0.39, 0.29) is 0 Å². The maximum absolute atomic E-state index is 6.57. The van der Waals surface area contributed by atoms with Gasteiger partial charge < -0.3 is 14.8 Å². The molecule has 0 aliphatic carbocycles. The second-order valence-corrected chi connectivity index (χ2v) is 8.32. The number of hydrogen-bond acceptors (Lipinski definition) is 3. The van der Waals surface area contributed by atoms with Crippen molar-refractivity contribution in [3.05, 3.63) is 93.5 Å². The SMILES string of the molecule is CCOc1cc(CNC(C)CCc2ccccc2)c(Cl)cc1OCc1ccccc1Cl. The molecule has 3 aromatic carbocycles. The molecule has 3 rings (SSSR count). The van der Waals surface area contributed by atoms with Crippen LogP contribution in [0.15, 0.2) is 66.7 Å². The van der Waals surface area contributed by atoms with Crippen molar-refractivity contribution >= 4 is 23.2 Å². The Balaban J connectivity index is 1.61. The van der Waals surface area contributed by atoms with Gasteiger partial charge in [-0.15, -0.1) is 0 Å². The van der Waals surface area contributed by atoms with Gasteiger partial charge in [-0.2, -0.15) is 0 Å². The summed E-state index contributed by atoms with van der Waals surface area (Å²) in [5.74, 6) is 1.31. The number of rotatable bonds is 11. The molecule has 0 aliphatic rings. The maximum atomic E-state index is 6.57. The molecule has 0 fully saturated rings. The van der Waals surface area contributed by atoms with E-state index in [2.05, 4.69) is 36.5 Å².